The Labute approximate surface area is 152 Å². The molecule has 0 saturated heterocycles. The Bertz CT molecular complexity index is 879. The molecule has 0 saturated carbocycles. The fourth-order valence-electron chi connectivity index (χ4n) is 2.16. The molecule has 0 spiro atoms. The summed E-state index contributed by atoms with van der Waals surface area (Å²) in [7, 11) is -0.179. The zero-order valence-corrected chi connectivity index (χ0v) is 15.8. The third-order valence-electron chi connectivity index (χ3n) is 3.69. The molecule has 0 bridgehead atoms. The first kappa shape index (κ1) is 19.7. The fourth-order valence-corrected chi connectivity index (χ4v) is 3.12. The molecule has 0 fully saturated rings. The monoisotopic (exact) mass is 382 g/mol. The summed E-state index contributed by atoms with van der Waals surface area (Å²) >= 11 is 0. The van der Waals surface area contributed by atoms with Gasteiger partial charge in [0, 0.05) is 26.8 Å². The molecule has 142 valence electrons. The van der Waals surface area contributed by atoms with Crippen LogP contribution < -0.4 is 15.4 Å². The molecule has 2 rings (SSSR count). The lowest BCUT2D eigenvalue weighted by atomic mass is 10.2. The van der Waals surface area contributed by atoms with Crippen LogP contribution in [-0.4, -0.2) is 43.5 Å². The van der Waals surface area contributed by atoms with Crippen LogP contribution in [0.1, 0.15) is 11.3 Å². The number of anilines is 1. The van der Waals surface area contributed by atoms with Crippen LogP contribution in [0.25, 0.3) is 0 Å². The van der Waals surface area contributed by atoms with Gasteiger partial charge >= 0.3 is 0 Å². The lowest BCUT2D eigenvalue weighted by molar-refractivity contribution is 0.599. The standard InChI is InChI=1S/C16H23FN6O2S/c1-12-4-5-13(10-15(12)17)22-26(24,25)9-8-19-16(18-2)20-11-14-6-7-21-23(14)3/h4-7,10,22H,8-9,11H2,1-3H3,(H2,18,19,20). The smallest absolute Gasteiger partial charge is 0.234 e. The first-order valence-corrected chi connectivity index (χ1v) is 9.64. The molecule has 0 aliphatic carbocycles. The Morgan fingerprint density at radius 3 is 2.69 bits per heavy atom. The highest BCUT2D eigenvalue weighted by Gasteiger charge is 2.12. The second kappa shape index (κ2) is 8.65. The van der Waals surface area contributed by atoms with Gasteiger partial charge in [0.05, 0.1) is 23.7 Å². The van der Waals surface area contributed by atoms with Gasteiger partial charge in [0.15, 0.2) is 5.96 Å². The van der Waals surface area contributed by atoms with E-state index in [0.717, 1.165) is 11.8 Å². The number of nitrogens with zero attached hydrogens (tertiary/aromatic N) is 3. The lowest BCUT2D eigenvalue weighted by Gasteiger charge is -2.13. The molecule has 10 heteroatoms. The number of rotatable bonds is 7. The summed E-state index contributed by atoms with van der Waals surface area (Å²) in [5.74, 6) is -0.166. The van der Waals surface area contributed by atoms with E-state index in [0.29, 0.717) is 18.1 Å². The topological polar surface area (TPSA) is 100 Å². The first-order valence-electron chi connectivity index (χ1n) is 7.99. The van der Waals surface area contributed by atoms with Crippen molar-refractivity contribution in [2.45, 2.75) is 13.5 Å². The van der Waals surface area contributed by atoms with Crippen molar-refractivity contribution >= 4 is 21.7 Å². The van der Waals surface area contributed by atoms with Gasteiger partial charge in [0.2, 0.25) is 10.0 Å². The van der Waals surface area contributed by atoms with E-state index in [4.69, 9.17) is 0 Å². The number of guanidine groups is 1. The van der Waals surface area contributed by atoms with Crippen molar-refractivity contribution in [2.75, 3.05) is 24.1 Å². The van der Waals surface area contributed by atoms with Crippen molar-refractivity contribution in [1.82, 2.24) is 20.4 Å². The van der Waals surface area contributed by atoms with Gasteiger partial charge in [-0.15, -0.1) is 0 Å². The van der Waals surface area contributed by atoms with Crippen LogP contribution in [0.5, 0.6) is 0 Å². The summed E-state index contributed by atoms with van der Waals surface area (Å²) in [6.07, 6.45) is 1.69. The molecule has 0 radical (unpaired) electrons. The van der Waals surface area contributed by atoms with Crippen LogP contribution in [0.4, 0.5) is 10.1 Å². The van der Waals surface area contributed by atoms with E-state index in [2.05, 4.69) is 25.4 Å². The maximum absolute atomic E-state index is 13.5. The summed E-state index contributed by atoms with van der Waals surface area (Å²) in [4.78, 5) is 4.04. The van der Waals surface area contributed by atoms with E-state index < -0.39 is 15.8 Å². The molecule has 0 unspecified atom stereocenters. The van der Waals surface area contributed by atoms with E-state index in [1.807, 2.05) is 13.1 Å². The Kier molecular flexibility index (Phi) is 6.56. The van der Waals surface area contributed by atoms with Gasteiger partial charge in [0.1, 0.15) is 5.82 Å². The zero-order chi connectivity index (χ0) is 19.2. The molecule has 0 atom stereocenters. The highest BCUT2D eigenvalue weighted by Crippen LogP contribution is 2.14. The van der Waals surface area contributed by atoms with Crippen molar-refractivity contribution in [3.05, 3.63) is 47.5 Å². The van der Waals surface area contributed by atoms with E-state index in [1.165, 1.54) is 12.1 Å². The highest BCUT2D eigenvalue weighted by atomic mass is 32.2. The minimum Gasteiger partial charge on any atom is -0.355 e. The predicted molar refractivity (Wildman–Crippen MR) is 100.0 cm³/mol. The molecule has 1 heterocycles. The van der Waals surface area contributed by atoms with Gasteiger partial charge in [-0.25, -0.2) is 12.8 Å². The van der Waals surface area contributed by atoms with E-state index in [-0.39, 0.29) is 18.0 Å². The van der Waals surface area contributed by atoms with Gasteiger partial charge < -0.3 is 10.6 Å². The lowest BCUT2D eigenvalue weighted by Crippen LogP contribution is -2.40. The number of aromatic nitrogens is 2. The third kappa shape index (κ3) is 5.73. The van der Waals surface area contributed by atoms with Crippen LogP contribution in [0, 0.1) is 12.7 Å². The largest absolute Gasteiger partial charge is 0.355 e. The second-order valence-electron chi connectivity index (χ2n) is 5.68. The number of aliphatic imine (C=N–C) groups is 1. The SMILES string of the molecule is CN=C(NCCS(=O)(=O)Nc1ccc(C)c(F)c1)NCc1ccnn1C. The Balaban J connectivity index is 1.82. The minimum absolute atomic E-state index is 0.148. The first-order chi connectivity index (χ1) is 12.3. The summed E-state index contributed by atoms with van der Waals surface area (Å²) in [5.41, 5.74) is 1.62. The van der Waals surface area contributed by atoms with Crippen LogP contribution in [0.15, 0.2) is 35.5 Å². The van der Waals surface area contributed by atoms with Gasteiger partial charge in [-0.3, -0.25) is 14.4 Å². The van der Waals surface area contributed by atoms with E-state index >= 15 is 0 Å². The molecule has 1 aromatic heterocycles. The average molecular weight is 382 g/mol. The number of nitrogens with one attached hydrogen (secondary N) is 3. The van der Waals surface area contributed by atoms with Crippen LogP contribution in [0.2, 0.25) is 0 Å². The summed E-state index contributed by atoms with van der Waals surface area (Å²) in [6, 6.07) is 6.08. The number of halogens is 1. The molecule has 0 aliphatic heterocycles. The van der Waals surface area contributed by atoms with E-state index in [1.54, 1.807) is 24.9 Å². The number of aryl methyl sites for hydroxylation is 2. The number of benzene rings is 1. The van der Waals surface area contributed by atoms with Crippen LogP contribution >= 0.6 is 0 Å². The zero-order valence-electron chi connectivity index (χ0n) is 15.0. The highest BCUT2D eigenvalue weighted by molar-refractivity contribution is 7.92. The van der Waals surface area contributed by atoms with Crippen molar-refractivity contribution in [1.29, 1.82) is 0 Å². The van der Waals surface area contributed by atoms with Gasteiger partial charge in [0.25, 0.3) is 0 Å². The van der Waals surface area contributed by atoms with Crippen LogP contribution in [-0.2, 0) is 23.6 Å². The maximum atomic E-state index is 13.5. The molecule has 0 aliphatic rings. The summed E-state index contributed by atoms with van der Waals surface area (Å²) in [5, 5.41) is 10.1. The van der Waals surface area contributed by atoms with Crippen molar-refractivity contribution in [3.63, 3.8) is 0 Å². The van der Waals surface area contributed by atoms with Gasteiger partial charge in [-0.05, 0) is 30.7 Å². The molecule has 2 aromatic rings. The summed E-state index contributed by atoms with van der Waals surface area (Å²) < 4.78 is 41.8. The molecule has 0 amide bonds. The number of hydrogen-bond donors (Lipinski definition) is 3. The number of hydrogen-bond acceptors (Lipinski definition) is 4. The molecule has 1 aromatic carbocycles. The predicted octanol–water partition coefficient (Wildman–Crippen LogP) is 0.975. The van der Waals surface area contributed by atoms with Gasteiger partial charge in [-0.2, -0.15) is 5.10 Å². The molecule has 3 N–H and O–H groups in total. The summed E-state index contributed by atoms with van der Waals surface area (Å²) in [6.45, 7) is 2.26. The van der Waals surface area contributed by atoms with Crippen molar-refractivity contribution < 1.29 is 12.8 Å². The quantitative estimate of drug-likeness (QED) is 0.489. The Morgan fingerprint density at radius 1 is 1.31 bits per heavy atom. The number of sulfonamides is 1. The van der Waals surface area contributed by atoms with Crippen molar-refractivity contribution in [2.24, 2.45) is 12.0 Å². The Hall–Kier alpha value is -2.62. The van der Waals surface area contributed by atoms with E-state index in [9.17, 15) is 12.8 Å². The average Bonchev–Trinajstić information content (AvgIpc) is 2.99. The maximum Gasteiger partial charge on any atom is 0.234 e. The third-order valence-corrected chi connectivity index (χ3v) is 4.98. The fraction of sp³-hybridized carbons (Fsp3) is 0.375. The second-order valence-corrected chi connectivity index (χ2v) is 7.53. The normalized spacial score (nSPS) is 12.1. The molecular formula is C16H23FN6O2S. The molecule has 8 nitrogen and oxygen atoms in total. The molecule has 26 heavy (non-hydrogen) atoms. The molecular weight excluding hydrogens is 359 g/mol. The Morgan fingerprint density at radius 2 is 2.08 bits per heavy atom. The van der Waals surface area contributed by atoms with Crippen LogP contribution in [0.3, 0.4) is 0 Å². The minimum atomic E-state index is -3.61. The van der Waals surface area contributed by atoms with Gasteiger partial charge in [-0.1, -0.05) is 6.07 Å². The van der Waals surface area contributed by atoms with Crippen molar-refractivity contribution in [3.8, 4) is 0 Å².